The van der Waals surface area contributed by atoms with E-state index in [0.717, 1.165) is 11.4 Å². The number of anilines is 2. The Bertz CT molecular complexity index is 620. The second-order valence-electron chi connectivity index (χ2n) is 5.58. The van der Waals surface area contributed by atoms with Crippen LogP contribution in [-0.4, -0.2) is 26.5 Å². The van der Waals surface area contributed by atoms with Crippen molar-refractivity contribution >= 4 is 17.3 Å². The maximum absolute atomic E-state index is 11.9. The molecule has 2 aromatic carbocycles. The second-order valence-corrected chi connectivity index (χ2v) is 5.58. The largest absolute Gasteiger partial charge is 0.378 e. The van der Waals surface area contributed by atoms with Gasteiger partial charge < -0.3 is 15.5 Å². The second kappa shape index (κ2) is 7.61. The normalized spacial score (nSPS) is 10.3. The fraction of sp³-hybridized carbons (Fsp3) is 0.278. The van der Waals surface area contributed by atoms with E-state index >= 15 is 0 Å². The minimum atomic E-state index is -0.0368. The third-order valence-electron chi connectivity index (χ3n) is 3.36. The summed E-state index contributed by atoms with van der Waals surface area (Å²) in [5.41, 5.74) is 4.33. The van der Waals surface area contributed by atoms with Gasteiger partial charge in [-0.1, -0.05) is 29.8 Å². The summed E-state index contributed by atoms with van der Waals surface area (Å²) in [5.74, 6) is -0.0368. The summed E-state index contributed by atoms with van der Waals surface area (Å²) >= 11 is 0. The Kier molecular flexibility index (Phi) is 5.55. The first-order chi connectivity index (χ1) is 10.5. The molecule has 0 heterocycles. The molecule has 116 valence electrons. The molecular formula is C18H23N3O. The van der Waals surface area contributed by atoms with Gasteiger partial charge in [-0.15, -0.1) is 0 Å². The number of nitrogens with one attached hydrogen (secondary N) is 2. The fourth-order valence-electron chi connectivity index (χ4n) is 2.19. The number of rotatable bonds is 6. The van der Waals surface area contributed by atoms with Crippen molar-refractivity contribution in [2.45, 2.75) is 13.5 Å². The van der Waals surface area contributed by atoms with Crippen LogP contribution in [0.15, 0.2) is 48.5 Å². The van der Waals surface area contributed by atoms with Gasteiger partial charge in [0.25, 0.3) is 0 Å². The molecule has 0 aliphatic carbocycles. The first kappa shape index (κ1) is 16.0. The summed E-state index contributed by atoms with van der Waals surface area (Å²) in [6.07, 6.45) is 0. The van der Waals surface area contributed by atoms with Gasteiger partial charge in [0.05, 0.1) is 6.54 Å². The fourth-order valence-corrected chi connectivity index (χ4v) is 2.19. The summed E-state index contributed by atoms with van der Waals surface area (Å²) < 4.78 is 0. The van der Waals surface area contributed by atoms with Crippen molar-refractivity contribution in [2.24, 2.45) is 0 Å². The first-order valence-electron chi connectivity index (χ1n) is 7.38. The SMILES string of the molecule is Cc1cccc(CNCC(=O)Nc2ccc(N(C)C)cc2)c1. The smallest absolute Gasteiger partial charge is 0.238 e. The van der Waals surface area contributed by atoms with Crippen LogP contribution in [0.25, 0.3) is 0 Å². The van der Waals surface area contributed by atoms with E-state index in [0.29, 0.717) is 13.1 Å². The van der Waals surface area contributed by atoms with Gasteiger partial charge in [-0.3, -0.25) is 4.79 Å². The zero-order chi connectivity index (χ0) is 15.9. The Balaban J connectivity index is 1.78. The summed E-state index contributed by atoms with van der Waals surface area (Å²) in [6, 6.07) is 16.0. The number of carbonyl (C=O) groups is 1. The van der Waals surface area contributed by atoms with Crippen molar-refractivity contribution in [1.29, 1.82) is 0 Å². The van der Waals surface area contributed by atoms with E-state index < -0.39 is 0 Å². The molecule has 0 saturated carbocycles. The van der Waals surface area contributed by atoms with Crippen molar-refractivity contribution < 1.29 is 4.79 Å². The van der Waals surface area contributed by atoms with Gasteiger partial charge >= 0.3 is 0 Å². The number of hydrogen-bond donors (Lipinski definition) is 2. The van der Waals surface area contributed by atoms with Crippen molar-refractivity contribution in [1.82, 2.24) is 5.32 Å². The first-order valence-corrected chi connectivity index (χ1v) is 7.38. The molecule has 0 fully saturated rings. The lowest BCUT2D eigenvalue weighted by molar-refractivity contribution is -0.115. The van der Waals surface area contributed by atoms with E-state index in [4.69, 9.17) is 0 Å². The van der Waals surface area contributed by atoms with Crippen molar-refractivity contribution in [2.75, 3.05) is 30.9 Å². The summed E-state index contributed by atoms with van der Waals surface area (Å²) in [6.45, 7) is 3.05. The van der Waals surface area contributed by atoms with Gasteiger partial charge in [-0.2, -0.15) is 0 Å². The molecule has 0 aliphatic rings. The molecule has 0 spiro atoms. The van der Waals surface area contributed by atoms with Crippen LogP contribution in [0.2, 0.25) is 0 Å². The molecule has 0 radical (unpaired) electrons. The predicted octanol–water partition coefficient (Wildman–Crippen LogP) is 2.79. The highest BCUT2D eigenvalue weighted by Crippen LogP contribution is 2.15. The lowest BCUT2D eigenvalue weighted by Crippen LogP contribution is -2.27. The standard InChI is InChI=1S/C18H23N3O/c1-14-5-4-6-15(11-14)12-19-13-18(22)20-16-7-9-17(10-8-16)21(2)3/h4-11,19H,12-13H2,1-3H3,(H,20,22). The molecule has 2 N–H and O–H groups in total. The molecule has 22 heavy (non-hydrogen) atoms. The molecule has 0 unspecified atom stereocenters. The lowest BCUT2D eigenvalue weighted by Gasteiger charge is -2.13. The topological polar surface area (TPSA) is 44.4 Å². The number of amides is 1. The van der Waals surface area contributed by atoms with Crippen LogP contribution >= 0.6 is 0 Å². The lowest BCUT2D eigenvalue weighted by atomic mass is 10.1. The number of carbonyl (C=O) groups excluding carboxylic acids is 1. The minimum absolute atomic E-state index is 0.0368. The Hall–Kier alpha value is -2.33. The Labute approximate surface area is 132 Å². The van der Waals surface area contributed by atoms with Crippen LogP contribution < -0.4 is 15.5 Å². The molecule has 2 aromatic rings. The Morgan fingerprint density at radius 3 is 2.45 bits per heavy atom. The maximum atomic E-state index is 11.9. The van der Waals surface area contributed by atoms with Crippen molar-refractivity contribution in [3.8, 4) is 0 Å². The van der Waals surface area contributed by atoms with E-state index in [2.05, 4.69) is 35.8 Å². The van der Waals surface area contributed by atoms with Crippen LogP contribution in [0.4, 0.5) is 11.4 Å². The Morgan fingerprint density at radius 2 is 1.82 bits per heavy atom. The van der Waals surface area contributed by atoms with E-state index in [9.17, 15) is 4.79 Å². The van der Waals surface area contributed by atoms with Crippen molar-refractivity contribution in [3.63, 3.8) is 0 Å². The maximum Gasteiger partial charge on any atom is 0.238 e. The molecule has 4 heteroatoms. The Morgan fingerprint density at radius 1 is 1.09 bits per heavy atom. The van der Waals surface area contributed by atoms with Crippen LogP contribution in [-0.2, 0) is 11.3 Å². The highest BCUT2D eigenvalue weighted by Gasteiger charge is 2.03. The highest BCUT2D eigenvalue weighted by molar-refractivity contribution is 5.92. The average Bonchev–Trinajstić information content (AvgIpc) is 2.48. The zero-order valence-electron chi connectivity index (χ0n) is 13.4. The number of aryl methyl sites for hydroxylation is 1. The number of benzene rings is 2. The third-order valence-corrected chi connectivity index (χ3v) is 3.36. The van der Waals surface area contributed by atoms with Gasteiger partial charge in [-0.05, 0) is 36.8 Å². The minimum Gasteiger partial charge on any atom is -0.378 e. The summed E-state index contributed by atoms with van der Waals surface area (Å²) in [7, 11) is 3.98. The predicted molar refractivity (Wildman–Crippen MR) is 92.3 cm³/mol. The van der Waals surface area contributed by atoms with Gasteiger partial charge in [0.15, 0.2) is 0 Å². The average molecular weight is 297 g/mol. The molecular weight excluding hydrogens is 274 g/mol. The molecule has 2 rings (SSSR count). The molecule has 0 bridgehead atoms. The third kappa shape index (κ3) is 4.90. The van der Waals surface area contributed by atoms with E-state index in [-0.39, 0.29) is 5.91 Å². The van der Waals surface area contributed by atoms with Crippen LogP contribution in [0.5, 0.6) is 0 Å². The van der Waals surface area contributed by atoms with Gasteiger partial charge in [0.2, 0.25) is 5.91 Å². The van der Waals surface area contributed by atoms with E-state index in [1.54, 1.807) is 0 Å². The molecule has 1 amide bonds. The molecule has 0 aliphatic heterocycles. The van der Waals surface area contributed by atoms with Gasteiger partial charge in [0, 0.05) is 32.0 Å². The molecule has 4 nitrogen and oxygen atoms in total. The monoisotopic (exact) mass is 297 g/mol. The van der Waals surface area contributed by atoms with E-state index in [1.807, 2.05) is 49.3 Å². The molecule has 0 aromatic heterocycles. The zero-order valence-corrected chi connectivity index (χ0v) is 13.4. The van der Waals surface area contributed by atoms with Gasteiger partial charge in [0.1, 0.15) is 0 Å². The number of nitrogens with zero attached hydrogens (tertiary/aromatic N) is 1. The van der Waals surface area contributed by atoms with E-state index in [1.165, 1.54) is 11.1 Å². The van der Waals surface area contributed by atoms with Crippen LogP contribution in [0.1, 0.15) is 11.1 Å². The number of hydrogen-bond acceptors (Lipinski definition) is 3. The van der Waals surface area contributed by atoms with Crippen LogP contribution in [0, 0.1) is 6.92 Å². The highest BCUT2D eigenvalue weighted by atomic mass is 16.1. The molecule has 0 atom stereocenters. The van der Waals surface area contributed by atoms with Crippen LogP contribution in [0.3, 0.4) is 0 Å². The van der Waals surface area contributed by atoms with Crippen molar-refractivity contribution in [3.05, 3.63) is 59.7 Å². The van der Waals surface area contributed by atoms with Gasteiger partial charge in [-0.25, -0.2) is 0 Å². The summed E-state index contributed by atoms with van der Waals surface area (Å²) in [5, 5.41) is 6.04. The quantitative estimate of drug-likeness (QED) is 0.862. The molecule has 0 saturated heterocycles. The summed E-state index contributed by atoms with van der Waals surface area (Å²) in [4.78, 5) is 13.9.